The average Bonchev–Trinajstić information content (AvgIpc) is 3.23. The second kappa shape index (κ2) is 16.1. The van der Waals surface area contributed by atoms with Crippen molar-refractivity contribution in [3.63, 3.8) is 0 Å². The van der Waals surface area contributed by atoms with Crippen LogP contribution in [0.4, 0.5) is 37.7 Å². The molecule has 1 atom stereocenters. The van der Waals surface area contributed by atoms with E-state index in [0.717, 1.165) is 35.4 Å². The summed E-state index contributed by atoms with van der Waals surface area (Å²) < 4.78 is 103. The highest BCUT2D eigenvalue weighted by atomic mass is 32.1. The minimum absolute atomic E-state index is 0.0215. The van der Waals surface area contributed by atoms with Gasteiger partial charge in [-0.15, -0.1) is 0 Å². The molecule has 1 N–H and O–H groups in total. The third-order valence-electron chi connectivity index (χ3n) is 8.49. The largest absolute Gasteiger partial charge is 0.488 e. The van der Waals surface area contributed by atoms with Crippen LogP contribution in [0.3, 0.4) is 0 Å². The predicted octanol–water partition coefficient (Wildman–Crippen LogP) is 6.94. The summed E-state index contributed by atoms with van der Waals surface area (Å²) in [6, 6.07) is 7.40. The molecular formula is C36H37F6N5O5S. The van der Waals surface area contributed by atoms with Crippen LogP contribution in [0.5, 0.6) is 5.75 Å². The quantitative estimate of drug-likeness (QED) is 0.112. The van der Waals surface area contributed by atoms with Crippen molar-refractivity contribution in [1.82, 2.24) is 10.3 Å². The molecule has 4 rings (SSSR count). The molecule has 1 aliphatic rings. The summed E-state index contributed by atoms with van der Waals surface area (Å²) in [5.41, 5.74) is -5.75. The Hall–Kier alpha value is -4.79. The molecule has 1 saturated heterocycles. The van der Waals surface area contributed by atoms with Crippen molar-refractivity contribution in [2.45, 2.75) is 59.3 Å². The van der Waals surface area contributed by atoms with E-state index in [9.17, 15) is 27.2 Å². The molecule has 2 amide bonds. The maximum absolute atomic E-state index is 15.5. The fourth-order valence-electron chi connectivity index (χ4n) is 5.17. The number of hydrogen-bond donors (Lipinski definition) is 1. The molecule has 10 nitrogen and oxygen atoms in total. The van der Waals surface area contributed by atoms with Crippen LogP contribution in [-0.4, -0.2) is 66.5 Å². The topological polar surface area (TPSA) is 117 Å². The number of nitrogens with one attached hydrogen (secondary N) is 1. The third-order valence-corrected chi connectivity index (χ3v) is 8.86. The van der Waals surface area contributed by atoms with Crippen molar-refractivity contribution in [2.24, 2.45) is 5.41 Å². The van der Waals surface area contributed by atoms with Gasteiger partial charge in [0, 0.05) is 17.7 Å². The second-order valence-electron chi connectivity index (χ2n) is 13.6. The van der Waals surface area contributed by atoms with Gasteiger partial charge in [-0.2, -0.15) is 18.4 Å². The van der Waals surface area contributed by atoms with Crippen LogP contribution in [0.15, 0.2) is 42.6 Å². The minimum atomic E-state index is -5.26. The molecule has 1 aliphatic heterocycles. The molecule has 0 bridgehead atoms. The molecule has 3 aromatic rings. The SMILES string of the molecule is CC(NC(=O)COCCOCCOc1ccc(-c2ncc(N3C(=S)N(c4ccc(C#N)c(C(F)(F)F)c4F)C(=O)C3(C)C)cc2F)cc1F)C(C)(C)C. The van der Waals surface area contributed by atoms with Gasteiger partial charge in [-0.25, -0.2) is 13.2 Å². The van der Waals surface area contributed by atoms with Crippen LogP contribution in [0.1, 0.15) is 52.7 Å². The standard InChI is InChI=1S/C36H37F6N5O5S/c1-20(34(2,3)4)45-28(48)19-51-12-11-50-13-14-52-27-10-8-21(15-24(27)37)31-25(38)16-23(18-44-31)47-33(53)46(32(49)35(47,5)6)26-9-7-22(17-43)29(30(26)39)36(40,41)42/h7-10,15-16,18,20H,11-14,19H2,1-6H3,(H,45,48). The summed E-state index contributed by atoms with van der Waals surface area (Å²) >= 11 is 5.39. The van der Waals surface area contributed by atoms with Crippen LogP contribution in [0.25, 0.3) is 11.3 Å². The Kier molecular flexibility index (Phi) is 12.4. The molecule has 1 fully saturated rings. The van der Waals surface area contributed by atoms with Gasteiger partial charge in [0.15, 0.2) is 28.3 Å². The highest BCUT2D eigenvalue weighted by Crippen LogP contribution is 2.42. The van der Waals surface area contributed by atoms with E-state index in [1.807, 2.05) is 27.7 Å². The highest BCUT2D eigenvalue weighted by Gasteiger charge is 2.52. The van der Waals surface area contributed by atoms with E-state index in [4.69, 9.17) is 31.7 Å². The van der Waals surface area contributed by atoms with Crippen LogP contribution in [0, 0.1) is 34.2 Å². The number of nitriles is 1. The zero-order valence-corrected chi connectivity index (χ0v) is 30.5. The smallest absolute Gasteiger partial charge is 0.420 e. The van der Waals surface area contributed by atoms with Crippen molar-refractivity contribution in [1.29, 1.82) is 5.26 Å². The first kappa shape index (κ1) is 41.0. The molecule has 1 unspecified atom stereocenters. The molecule has 53 heavy (non-hydrogen) atoms. The van der Waals surface area contributed by atoms with E-state index in [2.05, 4.69) is 10.3 Å². The molecule has 2 aromatic carbocycles. The number of alkyl halides is 3. The maximum Gasteiger partial charge on any atom is 0.420 e. The van der Waals surface area contributed by atoms with Crippen molar-refractivity contribution < 1.29 is 50.1 Å². The number of amides is 2. The van der Waals surface area contributed by atoms with E-state index in [1.54, 1.807) is 0 Å². The number of thiocarbonyl (C=S) groups is 1. The lowest BCUT2D eigenvalue weighted by molar-refractivity contribution is -0.140. The van der Waals surface area contributed by atoms with Crippen molar-refractivity contribution in [2.75, 3.05) is 42.8 Å². The summed E-state index contributed by atoms with van der Waals surface area (Å²) in [6.45, 7) is 10.9. The number of anilines is 2. The fraction of sp³-hybridized carbons (Fsp3) is 0.417. The summed E-state index contributed by atoms with van der Waals surface area (Å²) in [7, 11) is 0. The summed E-state index contributed by atoms with van der Waals surface area (Å²) in [5, 5.41) is 11.5. The molecule has 284 valence electrons. The van der Waals surface area contributed by atoms with E-state index >= 15 is 8.78 Å². The molecule has 1 aromatic heterocycles. The van der Waals surface area contributed by atoms with Crippen molar-refractivity contribution >= 4 is 40.5 Å². The van der Waals surface area contributed by atoms with Crippen LogP contribution in [-0.2, 0) is 25.2 Å². The average molecular weight is 766 g/mol. The first-order valence-electron chi connectivity index (χ1n) is 16.2. The van der Waals surface area contributed by atoms with Gasteiger partial charge in [0.05, 0.1) is 49.0 Å². The lowest BCUT2D eigenvalue weighted by atomic mass is 9.88. The second-order valence-corrected chi connectivity index (χ2v) is 14.0. The van der Waals surface area contributed by atoms with Crippen molar-refractivity contribution in [3.8, 4) is 23.1 Å². The fourth-order valence-corrected chi connectivity index (χ4v) is 5.69. The van der Waals surface area contributed by atoms with Gasteiger partial charge in [0.25, 0.3) is 5.91 Å². The first-order chi connectivity index (χ1) is 24.7. The molecule has 2 heterocycles. The van der Waals surface area contributed by atoms with E-state index in [1.165, 1.54) is 32.0 Å². The predicted molar refractivity (Wildman–Crippen MR) is 187 cm³/mol. The number of pyridine rings is 1. The van der Waals surface area contributed by atoms with Crippen LogP contribution >= 0.6 is 12.2 Å². The Bertz CT molecular complexity index is 1930. The number of hydrogen-bond acceptors (Lipinski definition) is 8. The van der Waals surface area contributed by atoms with E-state index in [0.29, 0.717) is 4.90 Å². The zero-order valence-electron chi connectivity index (χ0n) is 29.7. The Morgan fingerprint density at radius 3 is 2.28 bits per heavy atom. The van der Waals surface area contributed by atoms with Gasteiger partial charge < -0.3 is 24.4 Å². The maximum atomic E-state index is 15.5. The Morgan fingerprint density at radius 1 is 1.02 bits per heavy atom. The lowest BCUT2D eigenvalue weighted by Gasteiger charge is -2.29. The molecule has 0 radical (unpaired) electrons. The summed E-state index contributed by atoms with van der Waals surface area (Å²) in [6.07, 6.45) is -4.13. The van der Waals surface area contributed by atoms with Crippen LogP contribution in [0.2, 0.25) is 0 Å². The Morgan fingerprint density at radius 2 is 1.68 bits per heavy atom. The van der Waals surface area contributed by atoms with Gasteiger partial charge in [-0.1, -0.05) is 20.8 Å². The van der Waals surface area contributed by atoms with Gasteiger partial charge >= 0.3 is 6.18 Å². The minimum Gasteiger partial charge on any atom is -0.488 e. The Labute approximate surface area is 307 Å². The number of ether oxygens (including phenoxy) is 3. The molecular weight excluding hydrogens is 728 g/mol. The first-order valence-corrected chi connectivity index (χ1v) is 16.6. The Balaban J connectivity index is 1.38. The van der Waals surface area contributed by atoms with Crippen molar-refractivity contribution in [3.05, 3.63) is 71.2 Å². The number of benzene rings is 2. The molecule has 17 heteroatoms. The number of aromatic nitrogens is 1. The zero-order chi connectivity index (χ0) is 39.5. The van der Waals surface area contributed by atoms with E-state index < -0.39 is 57.0 Å². The number of halogens is 6. The van der Waals surface area contributed by atoms with Gasteiger partial charge in [0.1, 0.15) is 30.0 Å². The van der Waals surface area contributed by atoms with Gasteiger partial charge in [-0.3, -0.25) is 19.5 Å². The van der Waals surface area contributed by atoms with Gasteiger partial charge in [0.2, 0.25) is 5.91 Å². The monoisotopic (exact) mass is 765 g/mol. The number of carbonyl (C=O) groups excluding carboxylic acids is 2. The molecule has 0 saturated carbocycles. The summed E-state index contributed by atoms with van der Waals surface area (Å²) in [5.74, 6) is -4.96. The van der Waals surface area contributed by atoms with Crippen LogP contribution < -0.4 is 19.9 Å². The normalized spacial score (nSPS) is 15.1. The molecule has 0 aliphatic carbocycles. The number of rotatable bonds is 13. The van der Waals surface area contributed by atoms with E-state index in [-0.39, 0.29) is 73.1 Å². The third kappa shape index (κ3) is 9.06. The summed E-state index contributed by atoms with van der Waals surface area (Å²) in [4.78, 5) is 31.2. The number of nitrogens with zero attached hydrogens (tertiary/aromatic N) is 4. The lowest BCUT2D eigenvalue weighted by Crippen LogP contribution is -2.44. The van der Waals surface area contributed by atoms with Gasteiger partial charge in [-0.05, 0) is 68.7 Å². The number of carbonyl (C=O) groups is 2. The highest BCUT2D eigenvalue weighted by molar-refractivity contribution is 7.81. The molecule has 0 spiro atoms.